The Morgan fingerprint density at radius 1 is 1.17 bits per heavy atom. The van der Waals surface area contributed by atoms with E-state index < -0.39 is 0 Å². The highest BCUT2D eigenvalue weighted by Gasteiger charge is 2.18. The minimum Gasteiger partial charge on any atom is -0.496 e. The Bertz CT molecular complexity index is 1270. The van der Waals surface area contributed by atoms with Crippen LogP contribution in [0.3, 0.4) is 0 Å². The van der Waals surface area contributed by atoms with Crippen LogP contribution in [0.1, 0.15) is 6.92 Å². The van der Waals surface area contributed by atoms with Crippen molar-refractivity contribution in [1.29, 1.82) is 0 Å². The molecule has 0 atom stereocenters. The van der Waals surface area contributed by atoms with Gasteiger partial charge in [0.15, 0.2) is 5.65 Å². The van der Waals surface area contributed by atoms with E-state index in [1.807, 2.05) is 30.3 Å². The van der Waals surface area contributed by atoms with E-state index in [0.717, 1.165) is 5.56 Å². The average molecular weight is 389 g/mol. The molecule has 8 nitrogen and oxygen atoms in total. The molecule has 0 saturated carbocycles. The first kappa shape index (κ1) is 18.4. The van der Waals surface area contributed by atoms with Crippen LogP contribution >= 0.6 is 0 Å². The van der Waals surface area contributed by atoms with Gasteiger partial charge < -0.3 is 15.0 Å². The summed E-state index contributed by atoms with van der Waals surface area (Å²) < 4.78 is 7.03. The first-order valence-electron chi connectivity index (χ1n) is 8.96. The molecule has 8 heteroatoms. The van der Waals surface area contributed by atoms with Gasteiger partial charge in [0.1, 0.15) is 22.7 Å². The zero-order valence-electron chi connectivity index (χ0n) is 16.2. The largest absolute Gasteiger partial charge is 0.496 e. The SMILES string of the molecule is COc1cc(NC(C)=O)ccc1-c1nc2c(c(-c3ccccc3)nn2C)c(=O)[nH]1. The van der Waals surface area contributed by atoms with Gasteiger partial charge in [-0.15, -0.1) is 0 Å². The second-order valence-corrected chi connectivity index (χ2v) is 6.55. The van der Waals surface area contributed by atoms with E-state index in [0.29, 0.717) is 39.6 Å². The summed E-state index contributed by atoms with van der Waals surface area (Å²) in [5.41, 5.74) is 2.80. The van der Waals surface area contributed by atoms with E-state index in [-0.39, 0.29) is 11.5 Å². The first-order valence-corrected chi connectivity index (χ1v) is 8.96. The number of aryl methyl sites for hydroxylation is 1. The number of carbonyl (C=O) groups excluding carboxylic acids is 1. The molecular formula is C21H19N5O3. The predicted octanol–water partition coefficient (Wildman–Crippen LogP) is 2.96. The standard InChI is InChI=1S/C21H19N5O3/c1-12(27)22-14-9-10-15(16(11-14)29-3)19-23-20-17(21(28)24-19)18(25-26(20)2)13-7-5-4-6-8-13/h4-11H,1-3H3,(H,22,27)(H,23,24,28). The van der Waals surface area contributed by atoms with E-state index in [4.69, 9.17) is 4.74 Å². The van der Waals surface area contributed by atoms with E-state index in [1.165, 1.54) is 14.0 Å². The molecule has 0 saturated heterocycles. The van der Waals surface area contributed by atoms with Gasteiger partial charge in [-0.25, -0.2) is 9.67 Å². The number of benzene rings is 2. The van der Waals surface area contributed by atoms with E-state index >= 15 is 0 Å². The summed E-state index contributed by atoms with van der Waals surface area (Å²) in [6.07, 6.45) is 0. The van der Waals surface area contributed by atoms with Crippen molar-refractivity contribution in [3.8, 4) is 28.4 Å². The number of ether oxygens (including phenoxy) is 1. The van der Waals surface area contributed by atoms with Gasteiger partial charge in [-0.05, 0) is 12.1 Å². The van der Waals surface area contributed by atoms with Gasteiger partial charge in [0.05, 0.1) is 12.7 Å². The normalized spacial score (nSPS) is 10.9. The third-order valence-corrected chi connectivity index (χ3v) is 4.52. The van der Waals surface area contributed by atoms with Gasteiger partial charge >= 0.3 is 0 Å². The van der Waals surface area contributed by atoms with E-state index in [2.05, 4.69) is 20.4 Å². The smallest absolute Gasteiger partial charge is 0.262 e. The van der Waals surface area contributed by atoms with Crippen LogP contribution in [0.25, 0.3) is 33.7 Å². The van der Waals surface area contributed by atoms with Crippen LogP contribution in [0, 0.1) is 0 Å². The summed E-state index contributed by atoms with van der Waals surface area (Å²) in [6, 6.07) is 14.6. The number of fused-ring (bicyclic) bond motifs is 1. The fourth-order valence-corrected chi connectivity index (χ4v) is 3.25. The molecule has 2 heterocycles. The summed E-state index contributed by atoms with van der Waals surface area (Å²) in [6.45, 7) is 1.43. The van der Waals surface area contributed by atoms with E-state index in [9.17, 15) is 9.59 Å². The van der Waals surface area contributed by atoms with Crippen molar-refractivity contribution < 1.29 is 9.53 Å². The molecular weight excluding hydrogens is 370 g/mol. The highest BCUT2D eigenvalue weighted by atomic mass is 16.5. The van der Waals surface area contributed by atoms with Crippen LogP contribution in [0.2, 0.25) is 0 Å². The second-order valence-electron chi connectivity index (χ2n) is 6.55. The van der Waals surface area contributed by atoms with Crippen molar-refractivity contribution in [2.45, 2.75) is 6.92 Å². The number of methoxy groups -OCH3 is 1. The summed E-state index contributed by atoms with van der Waals surface area (Å²) in [5, 5.41) is 7.63. The molecule has 2 N–H and O–H groups in total. The molecule has 0 aliphatic heterocycles. The van der Waals surface area contributed by atoms with Crippen molar-refractivity contribution >= 4 is 22.6 Å². The lowest BCUT2D eigenvalue weighted by Crippen LogP contribution is -2.11. The number of anilines is 1. The number of rotatable bonds is 4. The second kappa shape index (κ2) is 7.23. The maximum atomic E-state index is 12.9. The minimum absolute atomic E-state index is 0.184. The van der Waals surface area contributed by atoms with Crippen molar-refractivity contribution in [3.05, 3.63) is 58.9 Å². The molecule has 0 bridgehead atoms. The number of nitrogens with one attached hydrogen (secondary N) is 2. The van der Waals surface area contributed by atoms with Crippen LogP contribution in [0.15, 0.2) is 53.3 Å². The number of aromatic nitrogens is 4. The Morgan fingerprint density at radius 2 is 1.93 bits per heavy atom. The number of carbonyl (C=O) groups is 1. The van der Waals surface area contributed by atoms with Gasteiger partial charge in [-0.3, -0.25) is 9.59 Å². The number of H-pyrrole nitrogens is 1. The predicted molar refractivity (Wildman–Crippen MR) is 111 cm³/mol. The molecule has 29 heavy (non-hydrogen) atoms. The topological polar surface area (TPSA) is 102 Å². The van der Waals surface area contributed by atoms with Gasteiger partial charge in [0, 0.05) is 31.3 Å². The number of amides is 1. The maximum absolute atomic E-state index is 12.9. The highest BCUT2D eigenvalue weighted by Crippen LogP contribution is 2.31. The molecule has 4 rings (SSSR count). The Labute approximate surface area is 166 Å². The summed E-state index contributed by atoms with van der Waals surface area (Å²) in [7, 11) is 3.27. The molecule has 4 aromatic rings. The fraction of sp³-hybridized carbons (Fsp3) is 0.143. The third-order valence-electron chi connectivity index (χ3n) is 4.52. The molecule has 0 aliphatic rings. The fourth-order valence-electron chi connectivity index (χ4n) is 3.25. The van der Waals surface area contributed by atoms with E-state index in [1.54, 1.807) is 29.9 Å². The summed E-state index contributed by atoms with van der Waals surface area (Å²) >= 11 is 0. The number of aromatic amines is 1. The molecule has 0 spiro atoms. The highest BCUT2D eigenvalue weighted by molar-refractivity contribution is 5.92. The molecule has 0 radical (unpaired) electrons. The van der Waals surface area contributed by atoms with Crippen LogP contribution in [0.5, 0.6) is 5.75 Å². The Kier molecular flexibility index (Phi) is 4.59. The maximum Gasteiger partial charge on any atom is 0.262 e. The Hall–Kier alpha value is -3.94. The van der Waals surface area contributed by atoms with Crippen molar-refractivity contribution in [1.82, 2.24) is 19.7 Å². The monoisotopic (exact) mass is 389 g/mol. The lowest BCUT2D eigenvalue weighted by molar-refractivity contribution is -0.114. The number of hydrogen-bond acceptors (Lipinski definition) is 5. The van der Waals surface area contributed by atoms with Crippen LogP contribution < -0.4 is 15.6 Å². The summed E-state index contributed by atoms with van der Waals surface area (Å²) in [5.74, 6) is 0.650. The first-order chi connectivity index (χ1) is 14.0. The molecule has 1 amide bonds. The molecule has 146 valence electrons. The number of nitrogens with zero attached hydrogens (tertiary/aromatic N) is 3. The van der Waals surface area contributed by atoms with Crippen LogP contribution in [-0.4, -0.2) is 32.8 Å². The van der Waals surface area contributed by atoms with Crippen molar-refractivity contribution in [2.24, 2.45) is 7.05 Å². The Balaban J connectivity index is 1.88. The average Bonchev–Trinajstić information content (AvgIpc) is 3.05. The zero-order chi connectivity index (χ0) is 20.5. The number of hydrogen-bond donors (Lipinski definition) is 2. The Morgan fingerprint density at radius 3 is 2.62 bits per heavy atom. The van der Waals surface area contributed by atoms with Gasteiger partial charge in [0.2, 0.25) is 5.91 Å². The minimum atomic E-state index is -0.287. The molecule has 0 unspecified atom stereocenters. The third kappa shape index (κ3) is 3.36. The van der Waals surface area contributed by atoms with Crippen LogP contribution in [0.4, 0.5) is 5.69 Å². The van der Waals surface area contributed by atoms with Gasteiger partial charge in [-0.2, -0.15) is 5.10 Å². The van der Waals surface area contributed by atoms with Crippen molar-refractivity contribution in [3.63, 3.8) is 0 Å². The van der Waals surface area contributed by atoms with Gasteiger partial charge in [-0.1, -0.05) is 30.3 Å². The molecule has 0 fully saturated rings. The summed E-state index contributed by atoms with van der Waals surface area (Å²) in [4.78, 5) is 31.7. The zero-order valence-corrected chi connectivity index (χ0v) is 16.2. The quantitative estimate of drug-likeness (QED) is 0.559. The lowest BCUT2D eigenvalue weighted by Gasteiger charge is -2.10. The van der Waals surface area contributed by atoms with Crippen LogP contribution in [-0.2, 0) is 11.8 Å². The molecule has 0 aliphatic carbocycles. The van der Waals surface area contributed by atoms with Gasteiger partial charge in [0.25, 0.3) is 5.56 Å². The lowest BCUT2D eigenvalue weighted by atomic mass is 10.1. The molecule has 2 aromatic heterocycles. The van der Waals surface area contributed by atoms with Crippen molar-refractivity contribution in [2.75, 3.05) is 12.4 Å². The molecule has 2 aromatic carbocycles.